The molecule has 4 heteroatoms. The molecule has 0 fully saturated rings. The van der Waals surface area contributed by atoms with Gasteiger partial charge in [-0.05, 0) is 30.7 Å². The standard InChI is InChI=1S/C19H16N2O2/c1-11(18-14-5-3-4-6-16(14)21-19(18)22)15-10-20-17-9-12(23-2)7-8-13(15)17/h3-10,20H,1-2H3,(H,21,22). The Kier molecular flexibility index (Phi) is 2.98. The summed E-state index contributed by atoms with van der Waals surface area (Å²) in [6.07, 6.45) is 1.95. The molecule has 2 N–H and O–H groups in total. The van der Waals surface area contributed by atoms with Gasteiger partial charge in [-0.1, -0.05) is 18.2 Å². The monoisotopic (exact) mass is 304 g/mol. The lowest BCUT2D eigenvalue weighted by Crippen LogP contribution is -2.05. The van der Waals surface area contributed by atoms with Gasteiger partial charge in [0.1, 0.15) is 5.75 Å². The Labute approximate surface area is 133 Å². The molecule has 23 heavy (non-hydrogen) atoms. The van der Waals surface area contributed by atoms with Gasteiger partial charge in [-0.15, -0.1) is 0 Å². The highest BCUT2D eigenvalue weighted by Gasteiger charge is 2.26. The van der Waals surface area contributed by atoms with E-state index >= 15 is 0 Å². The van der Waals surface area contributed by atoms with Crippen molar-refractivity contribution in [2.45, 2.75) is 6.92 Å². The molecule has 0 saturated heterocycles. The molecule has 0 bridgehead atoms. The number of amides is 1. The average molecular weight is 304 g/mol. The lowest BCUT2D eigenvalue weighted by molar-refractivity contribution is -0.110. The summed E-state index contributed by atoms with van der Waals surface area (Å²) in [6, 6.07) is 13.7. The third-order valence-corrected chi connectivity index (χ3v) is 4.34. The number of hydrogen-bond acceptors (Lipinski definition) is 2. The number of rotatable bonds is 2. The van der Waals surface area contributed by atoms with Crippen LogP contribution in [-0.2, 0) is 4.79 Å². The zero-order chi connectivity index (χ0) is 16.0. The molecule has 2 heterocycles. The number of hydrogen-bond donors (Lipinski definition) is 2. The van der Waals surface area contributed by atoms with Crippen molar-refractivity contribution in [3.05, 3.63) is 59.8 Å². The Morgan fingerprint density at radius 3 is 2.78 bits per heavy atom. The lowest BCUT2D eigenvalue weighted by Gasteiger charge is -2.05. The fourth-order valence-corrected chi connectivity index (χ4v) is 3.17. The van der Waals surface area contributed by atoms with Gasteiger partial charge < -0.3 is 15.0 Å². The van der Waals surface area contributed by atoms with Crippen LogP contribution in [-0.4, -0.2) is 18.0 Å². The molecular formula is C19H16N2O2. The number of carbonyl (C=O) groups is 1. The highest BCUT2D eigenvalue weighted by Crippen LogP contribution is 2.38. The Balaban J connectivity index is 1.92. The predicted octanol–water partition coefficient (Wildman–Crippen LogP) is 4.06. The Morgan fingerprint density at radius 1 is 1.13 bits per heavy atom. The van der Waals surface area contributed by atoms with Crippen LogP contribution in [0.5, 0.6) is 5.75 Å². The first-order valence-corrected chi connectivity index (χ1v) is 7.46. The summed E-state index contributed by atoms with van der Waals surface area (Å²) in [4.78, 5) is 15.7. The molecule has 0 radical (unpaired) electrons. The van der Waals surface area contributed by atoms with E-state index in [9.17, 15) is 4.79 Å². The molecule has 0 aliphatic carbocycles. The summed E-state index contributed by atoms with van der Waals surface area (Å²) in [6.45, 7) is 1.99. The lowest BCUT2D eigenvalue weighted by atomic mass is 9.96. The number of nitrogens with one attached hydrogen (secondary N) is 2. The minimum absolute atomic E-state index is 0.0495. The SMILES string of the molecule is COc1ccc2c(C(C)=C3C(=O)Nc4ccccc43)c[nH]c2c1. The number of carbonyl (C=O) groups excluding carboxylic acids is 1. The third-order valence-electron chi connectivity index (χ3n) is 4.34. The van der Waals surface area contributed by atoms with Crippen molar-refractivity contribution in [2.75, 3.05) is 12.4 Å². The van der Waals surface area contributed by atoms with Gasteiger partial charge in [0.05, 0.1) is 12.7 Å². The van der Waals surface area contributed by atoms with Gasteiger partial charge in [0, 0.05) is 40.0 Å². The highest BCUT2D eigenvalue weighted by molar-refractivity contribution is 6.37. The Hall–Kier alpha value is -3.01. The third kappa shape index (κ3) is 2.03. The van der Waals surface area contributed by atoms with Gasteiger partial charge in [0.15, 0.2) is 0 Å². The molecule has 0 unspecified atom stereocenters. The average Bonchev–Trinajstić information content (AvgIpc) is 3.13. The van der Waals surface area contributed by atoms with Crippen molar-refractivity contribution >= 4 is 33.6 Å². The van der Waals surface area contributed by atoms with E-state index in [1.54, 1.807) is 7.11 Å². The quantitative estimate of drug-likeness (QED) is 0.701. The Bertz CT molecular complexity index is 966. The van der Waals surface area contributed by atoms with Crippen LogP contribution in [0.15, 0.2) is 48.7 Å². The zero-order valence-corrected chi connectivity index (χ0v) is 12.9. The number of benzene rings is 2. The molecule has 4 nitrogen and oxygen atoms in total. The maximum Gasteiger partial charge on any atom is 0.256 e. The van der Waals surface area contributed by atoms with Crippen LogP contribution < -0.4 is 10.1 Å². The first-order valence-electron chi connectivity index (χ1n) is 7.46. The first-order chi connectivity index (χ1) is 11.2. The summed E-state index contributed by atoms with van der Waals surface area (Å²) >= 11 is 0. The molecule has 114 valence electrons. The van der Waals surface area contributed by atoms with E-state index in [0.29, 0.717) is 0 Å². The number of aromatic amines is 1. The van der Waals surface area contributed by atoms with Crippen LogP contribution in [0.1, 0.15) is 18.1 Å². The second-order valence-electron chi connectivity index (χ2n) is 5.61. The minimum atomic E-state index is -0.0495. The molecule has 1 aliphatic heterocycles. The van der Waals surface area contributed by atoms with E-state index in [1.807, 2.05) is 55.6 Å². The van der Waals surface area contributed by atoms with Crippen LogP contribution in [0.4, 0.5) is 5.69 Å². The topological polar surface area (TPSA) is 54.1 Å². The van der Waals surface area contributed by atoms with Crippen molar-refractivity contribution in [1.82, 2.24) is 4.98 Å². The van der Waals surface area contributed by atoms with Gasteiger partial charge in [-0.2, -0.15) is 0 Å². The normalized spacial score (nSPS) is 15.5. The number of para-hydroxylation sites is 1. The second-order valence-corrected chi connectivity index (χ2v) is 5.61. The van der Waals surface area contributed by atoms with E-state index in [1.165, 1.54) is 0 Å². The van der Waals surface area contributed by atoms with Crippen LogP contribution in [0.2, 0.25) is 0 Å². The smallest absolute Gasteiger partial charge is 0.256 e. The van der Waals surface area contributed by atoms with Gasteiger partial charge in [0.2, 0.25) is 0 Å². The molecule has 1 aliphatic rings. The Morgan fingerprint density at radius 2 is 1.96 bits per heavy atom. The summed E-state index contributed by atoms with van der Waals surface area (Å²) < 4.78 is 5.26. The van der Waals surface area contributed by atoms with E-state index in [-0.39, 0.29) is 5.91 Å². The van der Waals surface area contributed by atoms with Crippen molar-refractivity contribution in [1.29, 1.82) is 0 Å². The summed E-state index contributed by atoms with van der Waals surface area (Å²) in [5.41, 5.74) is 5.54. The second kappa shape index (κ2) is 5.02. The molecule has 4 rings (SSSR count). The van der Waals surface area contributed by atoms with Crippen molar-refractivity contribution < 1.29 is 9.53 Å². The minimum Gasteiger partial charge on any atom is -0.497 e. The molecule has 1 aromatic heterocycles. The molecule has 3 aromatic rings. The number of anilines is 1. The van der Waals surface area contributed by atoms with Crippen molar-refractivity contribution in [3.8, 4) is 5.75 Å². The highest BCUT2D eigenvalue weighted by atomic mass is 16.5. The van der Waals surface area contributed by atoms with E-state index < -0.39 is 0 Å². The van der Waals surface area contributed by atoms with Crippen molar-refractivity contribution in [2.24, 2.45) is 0 Å². The molecule has 1 amide bonds. The number of fused-ring (bicyclic) bond motifs is 2. The fourth-order valence-electron chi connectivity index (χ4n) is 3.17. The molecule has 0 spiro atoms. The largest absolute Gasteiger partial charge is 0.497 e. The first kappa shape index (κ1) is 13.6. The van der Waals surface area contributed by atoms with Crippen LogP contribution >= 0.6 is 0 Å². The maximum atomic E-state index is 12.4. The summed E-state index contributed by atoms with van der Waals surface area (Å²) in [5.74, 6) is 0.756. The number of H-pyrrole nitrogens is 1. The molecule has 0 saturated carbocycles. The predicted molar refractivity (Wildman–Crippen MR) is 92.4 cm³/mol. The van der Waals surface area contributed by atoms with Crippen molar-refractivity contribution in [3.63, 3.8) is 0 Å². The van der Waals surface area contributed by atoms with Gasteiger partial charge in [-0.25, -0.2) is 0 Å². The zero-order valence-electron chi connectivity index (χ0n) is 12.9. The van der Waals surface area contributed by atoms with Gasteiger partial charge in [0.25, 0.3) is 5.91 Å². The van der Waals surface area contributed by atoms with Gasteiger partial charge in [-0.3, -0.25) is 4.79 Å². The molecular weight excluding hydrogens is 288 g/mol. The fraction of sp³-hybridized carbons (Fsp3) is 0.105. The number of allylic oxidation sites excluding steroid dienone is 1. The van der Waals surface area contributed by atoms with E-state index in [2.05, 4.69) is 10.3 Å². The van der Waals surface area contributed by atoms with Crippen LogP contribution in [0, 0.1) is 0 Å². The molecule has 0 atom stereocenters. The van der Waals surface area contributed by atoms with Crippen LogP contribution in [0.25, 0.3) is 22.0 Å². The molecule has 2 aromatic carbocycles. The number of ether oxygens (including phenoxy) is 1. The summed E-state index contributed by atoms with van der Waals surface area (Å²) in [7, 11) is 1.65. The summed E-state index contributed by atoms with van der Waals surface area (Å²) in [5, 5.41) is 4.01. The van der Waals surface area contributed by atoms with E-state index in [0.717, 1.165) is 44.6 Å². The van der Waals surface area contributed by atoms with E-state index in [4.69, 9.17) is 4.74 Å². The number of methoxy groups -OCH3 is 1. The number of aromatic nitrogens is 1. The van der Waals surface area contributed by atoms with Crippen LogP contribution in [0.3, 0.4) is 0 Å². The van der Waals surface area contributed by atoms with Gasteiger partial charge >= 0.3 is 0 Å². The maximum absolute atomic E-state index is 12.4.